The SMILES string of the molecule is C=CCOC(=O)NCC1CC(N(C)C)C(O)[C@H](O[C@H]([C@@H](C)C(=O)[C@@H](C)C(=O)O)[C@@](C)(C[C@@H](C)CN[C@H](C)[C@H]2N(CCCCn3cc(-c4cccc(N)c4)nn3)C(=O)O[C@]2(C)[C@H](C)CC)OC)O1. The summed E-state index contributed by atoms with van der Waals surface area (Å²) >= 11 is 0. The number of cyclic esters (lactones) is 1. The highest BCUT2D eigenvalue weighted by Crippen LogP contribution is 2.40. The molecule has 1 aromatic carbocycles. The van der Waals surface area contributed by atoms with Gasteiger partial charge in [-0.25, -0.2) is 9.59 Å². The molecule has 2 saturated heterocycles. The van der Waals surface area contributed by atoms with Crippen molar-refractivity contribution in [3.05, 3.63) is 43.1 Å². The van der Waals surface area contributed by atoms with Crippen LogP contribution < -0.4 is 16.4 Å². The van der Waals surface area contributed by atoms with Crippen LogP contribution in [0.25, 0.3) is 11.3 Å². The van der Waals surface area contributed by atoms with Crippen LogP contribution in [0.3, 0.4) is 0 Å². The van der Waals surface area contributed by atoms with Crippen LogP contribution in [0, 0.1) is 23.7 Å². The summed E-state index contributed by atoms with van der Waals surface area (Å²) in [5.74, 6) is -4.27. The number of nitrogens with one attached hydrogen (secondary N) is 2. The number of rotatable bonds is 27. The van der Waals surface area contributed by atoms with E-state index >= 15 is 0 Å². The van der Waals surface area contributed by atoms with Crippen molar-refractivity contribution in [2.75, 3.05) is 53.2 Å². The number of alkyl carbamates (subject to hydrolysis) is 1. The molecule has 2 amide bonds. The monoisotopic (exact) mass is 943 g/mol. The fourth-order valence-electron chi connectivity index (χ4n) is 9.56. The van der Waals surface area contributed by atoms with E-state index in [0.717, 1.165) is 24.1 Å². The Morgan fingerprint density at radius 2 is 1.87 bits per heavy atom. The Balaban J connectivity index is 1.50. The minimum absolute atomic E-state index is 0.0261. The van der Waals surface area contributed by atoms with E-state index in [-0.39, 0.29) is 43.2 Å². The van der Waals surface area contributed by atoms with E-state index in [1.165, 1.54) is 20.1 Å². The molecule has 0 saturated carbocycles. The highest BCUT2D eigenvalue weighted by atomic mass is 16.7. The standard InChI is InChI=1S/C48H78N8O11/c1-13-22-64-45(61)51-27-36-24-38(54(10)11)40(58)44(65-36)66-42(31(5)39(57)32(6)43(59)60)47(8,63-12)25-29(3)26-50-33(7)41-48(9,30(4)14-2)67-46(62)56(41)21-16-15-20-55-28-37(52-53-55)34-18-17-19-35(49)23-34/h13,17-19,23,28-33,36,38,40-42,44,50,58H,1,14-16,20-22,24-27,49H2,2-12H3,(H,51,61)(H,59,60)/t29-,30-,31+,32-,33-,36?,38?,40?,41-,42-,44+,47-,48-/m1/s1. The molecular formula is C48H78N8O11. The van der Waals surface area contributed by atoms with Crippen LogP contribution in [0.15, 0.2) is 43.1 Å². The number of carboxylic acid groups (broad SMARTS) is 1. The summed E-state index contributed by atoms with van der Waals surface area (Å²) in [4.78, 5) is 55.6. The lowest BCUT2D eigenvalue weighted by molar-refractivity contribution is -0.296. The van der Waals surface area contributed by atoms with Gasteiger partial charge in [0.2, 0.25) is 0 Å². The number of methoxy groups -OCH3 is 1. The summed E-state index contributed by atoms with van der Waals surface area (Å²) in [7, 11) is 5.13. The number of nitrogens with two attached hydrogens (primary N) is 1. The van der Waals surface area contributed by atoms with Crippen LogP contribution in [0.4, 0.5) is 15.3 Å². The van der Waals surface area contributed by atoms with Crippen LogP contribution in [0.2, 0.25) is 0 Å². The predicted octanol–water partition coefficient (Wildman–Crippen LogP) is 4.97. The van der Waals surface area contributed by atoms with Crippen LogP contribution in [-0.2, 0) is 39.8 Å². The molecule has 0 radical (unpaired) electrons. The van der Waals surface area contributed by atoms with Gasteiger partial charge in [0.1, 0.15) is 29.9 Å². The molecule has 2 fully saturated rings. The van der Waals surface area contributed by atoms with Crippen molar-refractivity contribution in [2.24, 2.45) is 23.7 Å². The zero-order valence-corrected chi connectivity index (χ0v) is 41.5. The summed E-state index contributed by atoms with van der Waals surface area (Å²) in [6, 6.07) is 6.52. The van der Waals surface area contributed by atoms with E-state index in [2.05, 4.69) is 48.3 Å². The molecule has 13 atom stereocenters. The van der Waals surface area contributed by atoms with Crippen molar-refractivity contribution in [1.29, 1.82) is 0 Å². The minimum atomic E-state index is -1.35. The minimum Gasteiger partial charge on any atom is -0.481 e. The highest BCUT2D eigenvalue weighted by Gasteiger charge is 2.55. The lowest BCUT2D eigenvalue weighted by Gasteiger charge is -2.47. The molecule has 2 aromatic rings. The van der Waals surface area contributed by atoms with Gasteiger partial charge in [0.25, 0.3) is 0 Å². The van der Waals surface area contributed by atoms with Crippen molar-refractivity contribution in [3.63, 3.8) is 0 Å². The average molecular weight is 943 g/mol. The molecule has 3 heterocycles. The predicted molar refractivity (Wildman–Crippen MR) is 253 cm³/mol. The van der Waals surface area contributed by atoms with Gasteiger partial charge in [-0.3, -0.25) is 19.2 Å². The molecule has 376 valence electrons. The number of aromatic nitrogens is 3. The first-order valence-electron chi connectivity index (χ1n) is 23.6. The van der Waals surface area contributed by atoms with Gasteiger partial charge < -0.3 is 55.2 Å². The number of carbonyl (C=O) groups excluding carboxylic acids is 3. The van der Waals surface area contributed by atoms with Gasteiger partial charge in [-0.1, -0.05) is 57.7 Å². The molecular weight excluding hydrogens is 865 g/mol. The first-order valence-corrected chi connectivity index (χ1v) is 23.6. The van der Waals surface area contributed by atoms with Gasteiger partial charge in [0, 0.05) is 56.0 Å². The number of hydrogen-bond donors (Lipinski definition) is 5. The lowest BCUT2D eigenvalue weighted by Crippen LogP contribution is -2.60. The maximum absolute atomic E-state index is 13.8. The van der Waals surface area contributed by atoms with Crippen molar-refractivity contribution in [3.8, 4) is 11.3 Å². The van der Waals surface area contributed by atoms with Crippen molar-refractivity contribution >= 4 is 29.6 Å². The number of likely N-dealkylation sites (N-methyl/N-ethyl adjacent to an activating group) is 1. The number of benzene rings is 1. The summed E-state index contributed by atoms with van der Waals surface area (Å²) in [6.07, 6.45) is 1.09. The van der Waals surface area contributed by atoms with E-state index in [0.29, 0.717) is 44.6 Å². The molecule has 67 heavy (non-hydrogen) atoms. The summed E-state index contributed by atoms with van der Waals surface area (Å²) < 4.78 is 32.3. The van der Waals surface area contributed by atoms with Gasteiger partial charge in [0.05, 0.1) is 30.0 Å². The normalized spacial score (nSPS) is 25.6. The van der Waals surface area contributed by atoms with Gasteiger partial charge in [0.15, 0.2) is 12.1 Å². The van der Waals surface area contributed by atoms with Crippen molar-refractivity contribution in [1.82, 2.24) is 35.4 Å². The number of anilines is 1. The quantitative estimate of drug-likeness (QED) is 0.0344. The van der Waals surface area contributed by atoms with Gasteiger partial charge >= 0.3 is 18.2 Å². The van der Waals surface area contributed by atoms with E-state index in [9.17, 15) is 29.4 Å². The molecule has 0 aliphatic carbocycles. The second-order valence-electron chi connectivity index (χ2n) is 19.2. The third-order valence-electron chi connectivity index (χ3n) is 13.9. The number of amides is 2. The Kier molecular flexibility index (Phi) is 20.1. The second kappa shape index (κ2) is 24.6. The summed E-state index contributed by atoms with van der Waals surface area (Å²) in [5, 5.41) is 36.5. The van der Waals surface area contributed by atoms with E-state index in [1.807, 2.05) is 75.1 Å². The number of ketones is 1. The number of aliphatic hydroxyl groups is 1. The first-order chi connectivity index (χ1) is 31.6. The number of unbranched alkanes of at least 4 members (excludes halogenated alkanes) is 1. The smallest absolute Gasteiger partial charge is 0.410 e. The van der Waals surface area contributed by atoms with Gasteiger partial charge in [-0.05, 0) is 104 Å². The number of carbonyl (C=O) groups is 4. The lowest BCUT2D eigenvalue weighted by atomic mass is 9.78. The zero-order chi connectivity index (χ0) is 49.8. The molecule has 6 N–H and O–H groups in total. The second-order valence-corrected chi connectivity index (χ2v) is 19.2. The van der Waals surface area contributed by atoms with Crippen molar-refractivity contribution < 1.29 is 53.1 Å². The molecule has 19 nitrogen and oxygen atoms in total. The van der Waals surface area contributed by atoms with E-state index in [1.54, 1.807) is 11.6 Å². The molecule has 2 aliphatic heterocycles. The number of carboxylic acids is 1. The number of ether oxygens (including phenoxy) is 5. The number of aliphatic hydroxyl groups excluding tert-OH is 1. The summed E-state index contributed by atoms with van der Waals surface area (Å²) in [5.41, 5.74) is 6.25. The zero-order valence-electron chi connectivity index (χ0n) is 41.5. The maximum atomic E-state index is 13.8. The number of aryl methyl sites for hydroxylation is 1. The molecule has 19 heteroatoms. The molecule has 0 bridgehead atoms. The van der Waals surface area contributed by atoms with E-state index in [4.69, 9.17) is 29.4 Å². The summed E-state index contributed by atoms with van der Waals surface area (Å²) in [6.45, 7) is 20.2. The Morgan fingerprint density at radius 3 is 2.49 bits per heavy atom. The number of nitrogens with zero attached hydrogens (tertiary/aromatic N) is 5. The van der Waals surface area contributed by atoms with Crippen LogP contribution >= 0.6 is 0 Å². The Morgan fingerprint density at radius 1 is 1.16 bits per heavy atom. The third-order valence-corrected chi connectivity index (χ3v) is 13.9. The molecule has 2 aliphatic rings. The molecule has 1 aromatic heterocycles. The molecule has 3 unspecified atom stereocenters. The van der Waals surface area contributed by atoms with Gasteiger partial charge in [-0.2, -0.15) is 0 Å². The topological polar surface area (TPSA) is 242 Å². The van der Waals surface area contributed by atoms with E-state index < -0.39 is 71.5 Å². The average Bonchev–Trinajstić information content (AvgIpc) is 3.88. The van der Waals surface area contributed by atoms with Crippen molar-refractivity contribution in [2.45, 2.75) is 148 Å². The Labute approximate surface area is 396 Å². The first kappa shape index (κ1) is 54.9. The Hall–Kier alpha value is -4.66. The fourth-order valence-corrected chi connectivity index (χ4v) is 9.56. The Bertz CT molecular complexity index is 1950. The fraction of sp³-hybridized carbons (Fsp3) is 0.708. The van der Waals surface area contributed by atoms with Crippen LogP contribution in [0.1, 0.15) is 87.5 Å². The maximum Gasteiger partial charge on any atom is 0.410 e. The van der Waals surface area contributed by atoms with Crippen LogP contribution in [-0.4, -0.2) is 160 Å². The third kappa shape index (κ3) is 14.0. The highest BCUT2D eigenvalue weighted by molar-refractivity contribution is 5.99. The van der Waals surface area contributed by atoms with Gasteiger partial charge in [-0.15, -0.1) is 5.10 Å². The number of hydrogen-bond acceptors (Lipinski definition) is 15. The number of nitrogen functional groups attached to an aromatic ring is 1. The molecule has 0 spiro atoms. The van der Waals surface area contributed by atoms with Crippen LogP contribution in [0.5, 0.6) is 0 Å². The largest absolute Gasteiger partial charge is 0.481 e. The molecule has 4 rings (SSSR count). The number of Topliss-reactive ketones (excluding diaryl/α,β-unsaturated/α-hetero) is 1. The number of aliphatic carboxylic acids is 1.